The van der Waals surface area contributed by atoms with Gasteiger partial charge in [0.05, 0.1) is 0 Å². The van der Waals surface area contributed by atoms with Gasteiger partial charge in [0, 0.05) is 5.70 Å². The first-order valence-corrected chi connectivity index (χ1v) is 6.15. The fourth-order valence-electron chi connectivity index (χ4n) is 2.46. The Morgan fingerprint density at radius 3 is 3.00 bits per heavy atom. The Morgan fingerprint density at radius 1 is 1.27 bits per heavy atom. The zero-order valence-corrected chi connectivity index (χ0v) is 9.41. The molecule has 2 rings (SSSR count). The lowest BCUT2D eigenvalue weighted by atomic mass is 9.89. The molecule has 0 fully saturated rings. The van der Waals surface area contributed by atoms with E-state index in [9.17, 15) is 0 Å². The second-order valence-electron chi connectivity index (χ2n) is 4.74. The second-order valence-corrected chi connectivity index (χ2v) is 4.74. The molecular weight excluding hydrogens is 182 g/mol. The summed E-state index contributed by atoms with van der Waals surface area (Å²) in [5.74, 6) is 0.714. The average molecular weight is 203 g/mol. The highest BCUT2D eigenvalue weighted by molar-refractivity contribution is 5.16. The summed E-state index contributed by atoms with van der Waals surface area (Å²) < 4.78 is 0. The fraction of sp³-hybridized carbons (Fsp3) is 0.571. The topological polar surface area (TPSA) is 26.0 Å². The Bertz CT molecular complexity index is 296. The molecule has 1 nitrogen and oxygen atoms in total. The quantitative estimate of drug-likeness (QED) is 0.681. The Hall–Kier alpha value is -0.980. The molecule has 0 spiro atoms. The predicted molar refractivity (Wildman–Crippen MR) is 65.3 cm³/mol. The molecule has 0 radical (unpaired) electrons. The first-order valence-electron chi connectivity index (χ1n) is 6.15. The van der Waals surface area contributed by atoms with Crippen LogP contribution in [-0.2, 0) is 0 Å². The minimum atomic E-state index is 0.714. The molecular formula is C14H21N. The summed E-state index contributed by atoms with van der Waals surface area (Å²) in [6.45, 7) is 0. The average Bonchev–Trinajstić information content (AvgIpc) is 2.46. The van der Waals surface area contributed by atoms with Gasteiger partial charge in [-0.3, -0.25) is 0 Å². The molecule has 2 aliphatic rings. The van der Waals surface area contributed by atoms with Gasteiger partial charge in [-0.1, -0.05) is 23.8 Å². The van der Waals surface area contributed by atoms with E-state index >= 15 is 0 Å². The molecule has 15 heavy (non-hydrogen) atoms. The van der Waals surface area contributed by atoms with E-state index in [0.29, 0.717) is 5.92 Å². The van der Waals surface area contributed by atoms with Crippen molar-refractivity contribution in [3.63, 3.8) is 0 Å². The largest absolute Gasteiger partial charge is 0.402 e. The van der Waals surface area contributed by atoms with Crippen LogP contribution in [0.5, 0.6) is 0 Å². The zero-order chi connectivity index (χ0) is 10.5. The predicted octanol–water partition coefficient (Wildman–Crippen LogP) is 3.69. The number of rotatable bonds is 2. The molecule has 1 heteroatoms. The number of allylic oxidation sites excluding steroid dienone is 6. The van der Waals surface area contributed by atoms with Crippen LogP contribution in [0.15, 0.2) is 35.6 Å². The normalized spacial score (nSPS) is 26.8. The number of hydrogen-bond donors (Lipinski definition) is 1. The van der Waals surface area contributed by atoms with Gasteiger partial charge in [-0.2, -0.15) is 0 Å². The molecule has 0 bridgehead atoms. The van der Waals surface area contributed by atoms with Gasteiger partial charge < -0.3 is 5.73 Å². The molecule has 1 atom stereocenters. The van der Waals surface area contributed by atoms with Crippen LogP contribution in [-0.4, -0.2) is 0 Å². The van der Waals surface area contributed by atoms with Crippen molar-refractivity contribution in [2.24, 2.45) is 11.7 Å². The van der Waals surface area contributed by atoms with Crippen LogP contribution in [0.4, 0.5) is 0 Å². The van der Waals surface area contributed by atoms with Crippen molar-refractivity contribution in [1.29, 1.82) is 0 Å². The lowest BCUT2D eigenvalue weighted by Crippen LogP contribution is -2.03. The van der Waals surface area contributed by atoms with Crippen molar-refractivity contribution < 1.29 is 0 Å². The SMILES string of the molecule is NC1=CC=CC(CC2=CCCCC2)CC1. The van der Waals surface area contributed by atoms with Crippen LogP contribution < -0.4 is 5.73 Å². The maximum atomic E-state index is 5.83. The molecule has 82 valence electrons. The third-order valence-electron chi connectivity index (χ3n) is 3.41. The Morgan fingerprint density at radius 2 is 2.20 bits per heavy atom. The lowest BCUT2D eigenvalue weighted by Gasteiger charge is -2.17. The third kappa shape index (κ3) is 3.26. The Labute approximate surface area is 92.7 Å². The van der Waals surface area contributed by atoms with Crippen molar-refractivity contribution in [2.75, 3.05) is 0 Å². The van der Waals surface area contributed by atoms with Gasteiger partial charge in [-0.05, 0) is 56.9 Å². The molecule has 0 aromatic rings. The van der Waals surface area contributed by atoms with E-state index in [0.717, 1.165) is 12.1 Å². The molecule has 2 N–H and O–H groups in total. The fourth-order valence-corrected chi connectivity index (χ4v) is 2.46. The summed E-state index contributed by atoms with van der Waals surface area (Å²) in [4.78, 5) is 0. The minimum absolute atomic E-state index is 0.714. The van der Waals surface area contributed by atoms with Gasteiger partial charge in [0.15, 0.2) is 0 Å². The van der Waals surface area contributed by atoms with Gasteiger partial charge in [0.2, 0.25) is 0 Å². The van der Waals surface area contributed by atoms with Crippen molar-refractivity contribution >= 4 is 0 Å². The van der Waals surface area contributed by atoms with E-state index in [4.69, 9.17) is 5.73 Å². The summed E-state index contributed by atoms with van der Waals surface area (Å²) in [6, 6.07) is 0. The Balaban J connectivity index is 1.87. The minimum Gasteiger partial charge on any atom is -0.402 e. The molecule has 1 unspecified atom stereocenters. The van der Waals surface area contributed by atoms with Crippen LogP contribution in [0.25, 0.3) is 0 Å². The van der Waals surface area contributed by atoms with Crippen molar-refractivity contribution in [3.05, 3.63) is 35.6 Å². The van der Waals surface area contributed by atoms with Crippen LogP contribution >= 0.6 is 0 Å². The number of hydrogen-bond acceptors (Lipinski definition) is 1. The van der Waals surface area contributed by atoms with Gasteiger partial charge in [-0.15, -0.1) is 0 Å². The van der Waals surface area contributed by atoms with E-state index in [1.807, 2.05) is 0 Å². The lowest BCUT2D eigenvalue weighted by molar-refractivity contribution is 0.556. The second kappa shape index (κ2) is 5.20. The Kier molecular flexibility index (Phi) is 3.65. The van der Waals surface area contributed by atoms with Gasteiger partial charge in [0.1, 0.15) is 0 Å². The van der Waals surface area contributed by atoms with Gasteiger partial charge in [-0.25, -0.2) is 0 Å². The van der Waals surface area contributed by atoms with Gasteiger partial charge >= 0.3 is 0 Å². The van der Waals surface area contributed by atoms with Crippen LogP contribution in [0.1, 0.15) is 44.9 Å². The van der Waals surface area contributed by atoms with Crippen molar-refractivity contribution in [3.8, 4) is 0 Å². The number of nitrogens with two attached hydrogens (primary N) is 1. The summed E-state index contributed by atoms with van der Waals surface area (Å²) in [7, 11) is 0. The highest BCUT2D eigenvalue weighted by Gasteiger charge is 2.11. The molecule has 0 heterocycles. The van der Waals surface area contributed by atoms with Crippen LogP contribution in [0.3, 0.4) is 0 Å². The van der Waals surface area contributed by atoms with Crippen LogP contribution in [0.2, 0.25) is 0 Å². The highest BCUT2D eigenvalue weighted by Crippen LogP contribution is 2.27. The first-order chi connectivity index (χ1) is 7.34. The molecule has 0 aromatic heterocycles. The molecule has 0 aromatic carbocycles. The molecule has 0 saturated carbocycles. The summed E-state index contributed by atoms with van der Waals surface area (Å²) in [5, 5.41) is 0. The molecule has 0 saturated heterocycles. The first kappa shape index (κ1) is 10.5. The van der Waals surface area contributed by atoms with E-state index in [2.05, 4.69) is 24.3 Å². The summed E-state index contributed by atoms with van der Waals surface area (Å²) in [6.07, 6.45) is 17.9. The summed E-state index contributed by atoms with van der Waals surface area (Å²) >= 11 is 0. The maximum Gasteiger partial charge on any atom is 0.00805 e. The van der Waals surface area contributed by atoms with E-state index in [-0.39, 0.29) is 0 Å². The van der Waals surface area contributed by atoms with E-state index in [1.54, 1.807) is 5.57 Å². The third-order valence-corrected chi connectivity index (χ3v) is 3.41. The van der Waals surface area contributed by atoms with Crippen molar-refractivity contribution in [2.45, 2.75) is 44.9 Å². The van der Waals surface area contributed by atoms with Gasteiger partial charge in [0.25, 0.3) is 0 Å². The van der Waals surface area contributed by atoms with Crippen LogP contribution in [0, 0.1) is 5.92 Å². The molecule has 2 aliphatic carbocycles. The standard InChI is InChI=1S/C14H21N/c15-14-8-4-7-13(9-10-14)11-12-5-2-1-3-6-12/h4-5,7-8,13H,1-3,6,9-11,15H2. The van der Waals surface area contributed by atoms with E-state index < -0.39 is 0 Å². The monoisotopic (exact) mass is 203 g/mol. The zero-order valence-electron chi connectivity index (χ0n) is 9.41. The van der Waals surface area contributed by atoms with Crippen molar-refractivity contribution in [1.82, 2.24) is 0 Å². The van der Waals surface area contributed by atoms with E-state index in [1.165, 1.54) is 38.5 Å². The smallest absolute Gasteiger partial charge is 0.00805 e. The molecule has 0 aliphatic heterocycles. The highest BCUT2D eigenvalue weighted by atomic mass is 14.6. The maximum absolute atomic E-state index is 5.83. The summed E-state index contributed by atoms with van der Waals surface area (Å²) in [5.41, 5.74) is 8.54. The molecule has 0 amide bonds.